The minimum Gasteiger partial charge on any atom is -0.336 e. The van der Waals surface area contributed by atoms with Crippen LogP contribution in [0.5, 0.6) is 0 Å². The van der Waals surface area contributed by atoms with Crippen LogP contribution >= 0.6 is 0 Å². The van der Waals surface area contributed by atoms with E-state index in [1.54, 1.807) is 28.6 Å². The summed E-state index contributed by atoms with van der Waals surface area (Å²) in [6.45, 7) is 7.54. The minimum atomic E-state index is -3.44. The second-order valence-electron chi connectivity index (χ2n) is 6.72. The zero-order chi connectivity index (χ0) is 17.9. The maximum absolute atomic E-state index is 12.7. The van der Waals surface area contributed by atoms with Crippen LogP contribution in [0.4, 0.5) is 0 Å². The Morgan fingerprint density at radius 1 is 0.920 bits per heavy atom. The molecule has 0 unspecified atom stereocenters. The van der Waals surface area contributed by atoms with E-state index in [4.69, 9.17) is 0 Å². The third-order valence-electron chi connectivity index (χ3n) is 5.16. The molecule has 0 spiro atoms. The number of piperidine rings is 1. The van der Waals surface area contributed by atoms with E-state index in [2.05, 4.69) is 11.8 Å². The molecule has 0 atom stereocenters. The lowest BCUT2D eigenvalue weighted by atomic mass is 10.2. The van der Waals surface area contributed by atoms with E-state index < -0.39 is 10.0 Å². The maximum atomic E-state index is 12.7. The molecular weight excluding hydrogens is 338 g/mol. The lowest BCUT2D eigenvalue weighted by molar-refractivity contribution is 0.0643. The van der Waals surface area contributed by atoms with Gasteiger partial charge in [0.1, 0.15) is 0 Å². The molecule has 2 heterocycles. The second kappa shape index (κ2) is 7.85. The van der Waals surface area contributed by atoms with Gasteiger partial charge in [-0.2, -0.15) is 4.31 Å². The van der Waals surface area contributed by atoms with E-state index >= 15 is 0 Å². The zero-order valence-electron chi connectivity index (χ0n) is 14.9. The topological polar surface area (TPSA) is 60.9 Å². The van der Waals surface area contributed by atoms with Crippen LogP contribution in [-0.4, -0.2) is 74.2 Å². The van der Waals surface area contributed by atoms with Crippen molar-refractivity contribution in [3.8, 4) is 0 Å². The van der Waals surface area contributed by atoms with Gasteiger partial charge in [0.15, 0.2) is 0 Å². The lowest BCUT2D eigenvalue weighted by Crippen LogP contribution is -2.48. The number of benzene rings is 1. The van der Waals surface area contributed by atoms with Crippen LogP contribution in [0.1, 0.15) is 36.5 Å². The van der Waals surface area contributed by atoms with Gasteiger partial charge in [0, 0.05) is 44.8 Å². The Bertz CT molecular complexity index is 689. The van der Waals surface area contributed by atoms with Gasteiger partial charge >= 0.3 is 0 Å². The number of amides is 1. The quantitative estimate of drug-likeness (QED) is 0.814. The predicted octanol–water partition coefficient (Wildman–Crippen LogP) is 1.64. The molecule has 7 heteroatoms. The first kappa shape index (κ1) is 18.4. The molecule has 0 radical (unpaired) electrons. The highest BCUT2D eigenvalue weighted by Crippen LogP contribution is 2.21. The Labute approximate surface area is 150 Å². The molecule has 6 nitrogen and oxygen atoms in total. The van der Waals surface area contributed by atoms with E-state index in [1.807, 2.05) is 4.90 Å². The van der Waals surface area contributed by atoms with Crippen molar-refractivity contribution in [3.63, 3.8) is 0 Å². The molecule has 2 saturated heterocycles. The van der Waals surface area contributed by atoms with E-state index in [0.717, 1.165) is 52.0 Å². The normalized spacial score (nSPS) is 20.6. The molecule has 0 saturated carbocycles. The van der Waals surface area contributed by atoms with Crippen molar-refractivity contribution in [3.05, 3.63) is 29.8 Å². The molecule has 0 bridgehead atoms. The van der Waals surface area contributed by atoms with Gasteiger partial charge in [0.05, 0.1) is 4.90 Å². The predicted molar refractivity (Wildman–Crippen MR) is 97.1 cm³/mol. The van der Waals surface area contributed by atoms with Gasteiger partial charge in [-0.25, -0.2) is 8.42 Å². The number of carbonyl (C=O) groups excluding carboxylic acids is 1. The van der Waals surface area contributed by atoms with Gasteiger partial charge in [-0.05, 0) is 43.7 Å². The third-order valence-corrected chi connectivity index (χ3v) is 7.07. The summed E-state index contributed by atoms with van der Waals surface area (Å²) in [6.07, 6.45) is 2.92. The number of hydrogen-bond donors (Lipinski definition) is 0. The largest absolute Gasteiger partial charge is 0.336 e. The molecule has 1 aromatic carbocycles. The highest BCUT2D eigenvalue weighted by Gasteiger charge is 2.26. The number of hydrogen-bond acceptors (Lipinski definition) is 4. The molecule has 138 valence electrons. The molecular formula is C18H27N3O3S. The number of sulfonamides is 1. The average Bonchev–Trinajstić information content (AvgIpc) is 2.68. The SMILES string of the molecule is CCN1CCN(C(=O)c2ccc(S(=O)(=O)N3CCCCC3)cc2)CC1. The molecule has 2 aliphatic heterocycles. The summed E-state index contributed by atoms with van der Waals surface area (Å²) >= 11 is 0. The van der Waals surface area contributed by atoms with Gasteiger partial charge in [-0.15, -0.1) is 0 Å². The summed E-state index contributed by atoms with van der Waals surface area (Å²) in [6, 6.07) is 6.43. The summed E-state index contributed by atoms with van der Waals surface area (Å²) in [4.78, 5) is 17.0. The fraction of sp³-hybridized carbons (Fsp3) is 0.611. The Morgan fingerprint density at radius 3 is 2.08 bits per heavy atom. The minimum absolute atomic E-state index is 0.0160. The fourth-order valence-corrected chi connectivity index (χ4v) is 4.99. The van der Waals surface area contributed by atoms with Crippen LogP contribution in [-0.2, 0) is 10.0 Å². The van der Waals surface area contributed by atoms with Crippen LogP contribution in [0.3, 0.4) is 0 Å². The van der Waals surface area contributed by atoms with Crippen LogP contribution in [0, 0.1) is 0 Å². The Balaban J connectivity index is 1.68. The first-order chi connectivity index (χ1) is 12.0. The summed E-state index contributed by atoms with van der Waals surface area (Å²) in [7, 11) is -3.44. The van der Waals surface area contributed by atoms with Crippen molar-refractivity contribution in [1.82, 2.24) is 14.1 Å². The summed E-state index contributed by atoms with van der Waals surface area (Å²) in [5.74, 6) is -0.0160. The van der Waals surface area contributed by atoms with E-state index in [0.29, 0.717) is 18.7 Å². The molecule has 0 N–H and O–H groups in total. The van der Waals surface area contributed by atoms with Gasteiger partial charge < -0.3 is 9.80 Å². The highest BCUT2D eigenvalue weighted by atomic mass is 32.2. The molecule has 2 fully saturated rings. The Kier molecular flexibility index (Phi) is 5.76. The standard InChI is InChI=1S/C18H27N3O3S/c1-2-19-12-14-20(15-13-19)18(22)16-6-8-17(9-7-16)25(23,24)21-10-4-3-5-11-21/h6-9H,2-5,10-15H2,1H3. The second-order valence-corrected chi connectivity index (χ2v) is 8.65. The molecule has 0 aromatic heterocycles. The van der Waals surface area contributed by atoms with E-state index in [9.17, 15) is 13.2 Å². The summed E-state index contributed by atoms with van der Waals surface area (Å²) in [5.41, 5.74) is 0.558. The van der Waals surface area contributed by atoms with Crippen LogP contribution in [0.25, 0.3) is 0 Å². The van der Waals surface area contributed by atoms with Crippen molar-refractivity contribution in [2.75, 3.05) is 45.8 Å². The van der Waals surface area contributed by atoms with Crippen molar-refractivity contribution in [2.45, 2.75) is 31.1 Å². The van der Waals surface area contributed by atoms with E-state index in [1.165, 1.54) is 0 Å². The van der Waals surface area contributed by atoms with Crippen molar-refractivity contribution in [1.29, 1.82) is 0 Å². The van der Waals surface area contributed by atoms with Gasteiger partial charge in [0.2, 0.25) is 10.0 Å². The van der Waals surface area contributed by atoms with E-state index in [-0.39, 0.29) is 10.8 Å². The molecule has 1 amide bonds. The summed E-state index contributed by atoms with van der Waals surface area (Å²) in [5, 5.41) is 0. The molecule has 1 aromatic rings. The average molecular weight is 365 g/mol. The number of piperazine rings is 1. The van der Waals surface area contributed by atoms with Gasteiger partial charge in [-0.3, -0.25) is 4.79 Å². The van der Waals surface area contributed by atoms with Crippen LogP contribution in [0.2, 0.25) is 0 Å². The first-order valence-corrected chi connectivity index (χ1v) is 10.6. The number of nitrogens with zero attached hydrogens (tertiary/aromatic N) is 3. The maximum Gasteiger partial charge on any atom is 0.253 e. The molecule has 25 heavy (non-hydrogen) atoms. The highest BCUT2D eigenvalue weighted by molar-refractivity contribution is 7.89. The monoisotopic (exact) mass is 365 g/mol. The van der Waals surface area contributed by atoms with Crippen molar-refractivity contribution in [2.24, 2.45) is 0 Å². The molecule has 0 aliphatic carbocycles. The Hall–Kier alpha value is -1.44. The van der Waals surface area contributed by atoms with Crippen LogP contribution < -0.4 is 0 Å². The van der Waals surface area contributed by atoms with Gasteiger partial charge in [-0.1, -0.05) is 13.3 Å². The number of carbonyl (C=O) groups is 1. The molecule has 2 aliphatic rings. The first-order valence-electron chi connectivity index (χ1n) is 9.14. The zero-order valence-corrected chi connectivity index (χ0v) is 15.7. The van der Waals surface area contributed by atoms with Crippen LogP contribution in [0.15, 0.2) is 29.2 Å². The Morgan fingerprint density at radius 2 is 1.52 bits per heavy atom. The van der Waals surface area contributed by atoms with Crippen molar-refractivity contribution < 1.29 is 13.2 Å². The summed E-state index contributed by atoms with van der Waals surface area (Å²) < 4.78 is 26.9. The lowest BCUT2D eigenvalue weighted by Gasteiger charge is -2.34. The fourth-order valence-electron chi connectivity index (χ4n) is 3.47. The van der Waals surface area contributed by atoms with Crippen molar-refractivity contribution >= 4 is 15.9 Å². The number of rotatable bonds is 4. The molecule has 3 rings (SSSR count). The van der Waals surface area contributed by atoms with Gasteiger partial charge in [0.25, 0.3) is 5.91 Å². The third kappa shape index (κ3) is 4.04. The smallest absolute Gasteiger partial charge is 0.253 e. The number of likely N-dealkylation sites (N-methyl/N-ethyl adjacent to an activating group) is 1.